The number of methoxy groups -OCH3 is 1. The maximum absolute atomic E-state index is 13.1. The topological polar surface area (TPSA) is 75.0 Å². The second-order valence-corrected chi connectivity index (χ2v) is 4.81. The van der Waals surface area contributed by atoms with E-state index in [1.54, 1.807) is 6.92 Å². The van der Waals surface area contributed by atoms with Gasteiger partial charge in [0, 0.05) is 5.69 Å². The molecule has 0 aliphatic heterocycles. The molecule has 2 aromatic rings. The molecule has 0 spiro atoms. The summed E-state index contributed by atoms with van der Waals surface area (Å²) < 4.78 is 17.8. The average Bonchev–Trinajstić information content (AvgIpc) is 2.50. The predicted molar refractivity (Wildman–Crippen MR) is 79.7 cm³/mol. The monoisotopic (exact) mass is 319 g/mol. The van der Waals surface area contributed by atoms with Gasteiger partial charge in [0.2, 0.25) is 0 Å². The summed E-state index contributed by atoms with van der Waals surface area (Å²) in [6, 6.07) is 7.25. The number of aryl methyl sites for hydroxylation is 1. The van der Waals surface area contributed by atoms with E-state index in [0.29, 0.717) is 11.3 Å². The van der Waals surface area contributed by atoms with Crippen molar-refractivity contribution in [1.29, 1.82) is 5.26 Å². The van der Waals surface area contributed by atoms with Crippen molar-refractivity contribution in [2.75, 3.05) is 12.4 Å². The highest BCUT2D eigenvalue weighted by Crippen LogP contribution is 2.26. The van der Waals surface area contributed by atoms with E-state index in [1.165, 1.54) is 31.4 Å². The lowest BCUT2D eigenvalue weighted by molar-refractivity contribution is 0.0601. The van der Waals surface area contributed by atoms with Crippen molar-refractivity contribution in [3.8, 4) is 6.07 Å². The Morgan fingerprint density at radius 1 is 1.45 bits per heavy atom. The Balaban J connectivity index is 2.53. The number of carbonyl (C=O) groups excluding carboxylic acids is 1. The molecule has 0 unspecified atom stereocenters. The molecule has 1 aromatic heterocycles. The molecule has 5 nitrogen and oxygen atoms in total. The van der Waals surface area contributed by atoms with Gasteiger partial charge < -0.3 is 10.1 Å². The highest BCUT2D eigenvalue weighted by molar-refractivity contribution is 6.32. The van der Waals surface area contributed by atoms with E-state index in [2.05, 4.69) is 15.0 Å². The molecule has 0 fully saturated rings. The number of nitriles is 1. The van der Waals surface area contributed by atoms with Crippen molar-refractivity contribution in [1.82, 2.24) is 4.98 Å². The lowest BCUT2D eigenvalue weighted by atomic mass is 10.1. The van der Waals surface area contributed by atoms with Crippen LogP contribution in [-0.4, -0.2) is 18.1 Å². The Morgan fingerprint density at radius 3 is 2.77 bits per heavy atom. The normalized spacial score (nSPS) is 9.95. The lowest BCUT2D eigenvalue weighted by Gasteiger charge is -2.13. The van der Waals surface area contributed by atoms with Gasteiger partial charge in [-0.1, -0.05) is 11.6 Å². The van der Waals surface area contributed by atoms with Crippen molar-refractivity contribution in [3.63, 3.8) is 0 Å². The van der Waals surface area contributed by atoms with Crippen molar-refractivity contribution in [2.45, 2.75) is 6.92 Å². The summed E-state index contributed by atoms with van der Waals surface area (Å²) in [5.74, 6) is -0.915. The third-order valence-electron chi connectivity index (χ3n) is 2.93. The van der Waals surface area contributed by atoms with Gasteiger partial charge in [-0.25, -0.2) is 14.2 Å². The summed E-state index contributed by atoms with van der Waals surface area (Å²) in [6.07, 6.45) is 0. The van der Waals surface area contributed by atoms with Crippen LogP contribution in [0.15, 0.2) is 24.3 Å². The third kappa shape index (κ3) is 3.15. The van der Waals surface area contributed by atoms with Gasteiger partial charge in [-0.2, -0.15) is 5.26 Å². The van der Waals surface area contributed by atoms with Crippen molar-refractivity contribution < 1.29 is 13.9 Å². The summed E-state index contributed by atoms with van der Waals surface area (Å²) in [7, 11) is 1.22. The first-order chi connectivity index (χ1) is 10.5. The summed E-state index contributed by atoms with van der Waals surface area (Å²) in [4.78, 5) is 15.8. The van der Waals surface area contributed by atoms with Gasteiger partial charge in [-0.3, -0.25) is 0 Å². The summed E-state index contributed by atoms with van der Waals surface area (Å²) in [6.45, 7) is 1.70. The van der Waals surface area contributed by atoms with Gasteiger partial charge in [-0.15, -0.1) is 0 Å². The number of esters is 1. The van der Waals surface area contributed by atoms with Crippen molar-refractivity contribution in [3.05, 3.63) is 51.9 Å². The third-order valence-corrected chi connectivity index (χ3v) is 3.22. The first-order valence-corrected chi connectivity index (χ1v) is 6.56. The van der Waals surface area contributed by atoms with E-state index in [9.17, 15) is 9.18 Å². The molecule has 2 rings (SSSR count). The van der Waals surface area contributed by atoms with Crippen LogP contribution < -0.4 is 5.32 Å². The quantitative estimate of drug-likeness (QED) is 0.875. The van der Waals surface area contributed by atoms with Crippen LogP contribution in [0.3, 0.4) is 0 Å². The first kappa shape index (κ1) is 15.7. The smallest absolute Gasteiger partial charge is 0.341 e. The van der Waals surface area contributed by atoms with E-state index in [4.69, 9.17) is 16.9 Å². The number of aromatic nitrogens is 1. The van der Waals surface area contributed by atoms with Crippen molar-refractivity contribution >= 4 is 29.1 Å². The number of benzene rings is 1. The van der Waals surface area contributed by atoms with Gasteiger partial charge in [0.15, 0.2) is 5.69 Å². The molecule has 0 saturated heterocycles. The molecule has 0 aliphatic carbocycles. The molecule has 0 bridgehead atoms. The zero-order valence-corrected chi connectivity index (χ0v) is 12.5. The Hall–Kier alpha value is -2.65. The van der Waals surface area contributed by atoms with E-state index in [0.717, 1.165) is 0 Å². The number of halogens is 2. The molecule has 0 aliphatic rings. The first-order valence-electron chi connectivity index (χ1n) is 6.18. The molecule has 0 saturated carbocycles. The number of nitrogens with one attached hydrogen (secondary N) is 1. The van der Waals surface area contributed by atoms with E-state index in [-0.39, 0.29) is 27.9 Å². The fraction of sp³-hybridized carbons (Fsp3) is 0.133. The maximum Gasteiger partial charge on any atom is 0.341 e. The molecule has 112 valence electrons. The van der Waals surface area contributed by atoms with Crippen LogP contribution >= 0.6 is 11.6 Å². The summed E-state index contributed by atoms with van der Waals surface area (Å²) in [5, 5.41) is 11.9. The number of anilines is 2. The number of carbonyl (C=O) groups is 1. The van der Waals surface area contributed by atoms with Crippen molar-refractivity contribution in [2.24, 2.45) is 0 Å². The Kier molecular flexibility index (Phi) is 4.59. The number of rotatable bonds is 3. The molecular formula is C15H11ClFN3O2. The second kappa shape index (κ2) is 6.41. The molecular weight excluding hydrogens is 309 g/mol. The van der Waals surface area contributed by atoms with Crippen LogP contribution in [0.5, 0.6) is 0 Å². The molecule has 0 radical (unpaired) electrons. The number of pyridine rings is 1. The zero-order chi connectivity index (χ0) is 16.3. The van der Waals surface area contributed by atoms with Crippen LogP contribution in [0.25, 0.3) is 0 Å². The standard InChI is InChI=1S/C15H11ClFN3O2/c1-8-5-9(17)3-4-12(8)19-14-10(15(21)22-2)6-11(16)13(7-18)20-14/h3-6H,1-2H3,(H,19,20). The van der Waals surface area contributed by atoms with Gasteiger partial charge in [-0.05, 0) is 36.8 Å². The minimum Gasteiger partial charge on any atom is -0.465 e. The van der Waals surface area contributed by atoms with Gasteiger partial charge in [0.1, 0.15) is 23.3 Å². The number of hydrogen-bond donors (Lipinski definition) is 1. The second-order valence-electron chi connectivity index (χ2n) is 4.40. The average molecular weight is 320 g/mol. The fourth-order valence-corrected chi connectivity index (χ4v) is 2.02. The molecule has 0 amide bonds. The summed E-state index contributed by atoms with van der Waals surface area (Å²) in [5.41, 5.74) is 1.21. The van der Waals surface area contributed by atoms with Gasteiger partial charge in [0.05, 0.1) is 12.1 Å². The van der Waals surface area contributed by atoms with Crippen LogP contribution in [-0.2, 0) is 4.74 Å². The minimum absolute atomic E-state index is 0.0309. The summed E-state index contributed by atoms with van der Waals surface area (Å²) >= 11 is 5.89. The zero-order valence-electron chi connectivity index (χ0n) is 11.8. The molecule has 7 heteroatoms. The van der Waals surface area contributed by atoms with E-state index in [1.807, 2.05) is 6.07 Å². The largest absolute Gasteiger partial charge is 0.465 e. The highest BCUT2D eigenvalue weighted by atomic mass is 35.5. The number of hydrogen-bond acceptors (Lipinski definition) is 5. The number of nitrogens with zero attached hydrogens (tertiary/aromatic N) is 2. The molecule has 1 aromatic carbocycles. The lowest BCUT2D eigenvalue weighted by Crippen LogP contribution is -2.09. The SMILES string of the molecule is COC(=O)c1cc(Cl)c(C#N)nc1Nc1ccc(F)cc1C. The van der Waals surface area contributed by atoms with Crippen LogP contribution in [0.2, 0.25) is 5.02 Å². The maximum atomic E-state index is 13.1. The van der Waals surface area contributed by atoms with Crippen LogP contribution in [0, 0.1) is 24.1 Å². The fourth-order valence-electron chi connectivity index (χ4n) is 1.82. The van der Waals surface area contributed by atoms with Crippen LogP contribution in [0.1, 0.15) is 21.6 Å². The Bertz CT molecular complexity index is 787. The molecule has 0 atom stereocenters. The minimum atomic E-state index is -0.652. The van der Waals surface area contributed by atoms with E-state index >= 15 is 0 Å². The van der Waals surface area contributed by atoms with Crippen LogP contribution in [0.4, 0.5) is 15.9 Å². The molecule has 22 heavy (non-hydrogen) atoms. The van der Waals surface area contributed by atoms with Gasteiger partial charge >= 0.3 is 5.97 Å². The predicted octanol–water partition coefficient (Wildman–Crippen LogP) is 3.58. The number of ether oxygens (including phenoxy) is 1. The molecule has 1 N–H and O–H groups in total. The Morgan fingerprint density at radius 2 is 2.18 bits per heavy atom. The highest BCUT2D eigenvalue weighted by Gasteiger charge is 2.18. The van der Waals surface area contributed by atoms with E-state index < -0.39 is 5.97 Å². The van der Waals surface area contributed by atoms with Gasteiger partial charge in [0.25, 0.3) is 0 Å². The Labute approximate surface area is 131 Å². The molecule has 1 heterocycles.